The Hall–Kier alpha value is -0.860. The van der Waals surface area contributed by atoms with Crippen molar-refractivity contribution in [2.75, 3.05) is 6.61 Å². The summed E-state index contributed by atoms with van der Waals surface area (Å²) >= 11 is 0. The van der Waals surface area contributed by atoms with E-state index < -0.39 is 5.92 Å². The van der Waals surface area contributed by atoms with Crippen LogP contribution in [0.25, 0.3) is 0 Å². The van der Waals surface area contributed by atoms with E-state index in [4.69, 9.17) is 4.74 Å². The lowest BCUT2D eigenvalue weighted by Crippen LogP contribution is -2.28. The van der Waals surface area contributed by atoms with E-state index in [1.807, 2.05) is 27.7 Å². The highest BCUT2D eigenvalue weighted by molar-refractivity contribution is 5.99. The molecule has 0 saturated heterocycles. The van der Waals surface area contributed by atoms with Gasteiger partial charge in [-0.05, 0) is 18.8 Å². The molecule has 0 aliphatic rings. The van der Waals surface area contributed by atoms with Crippen LogP contribution < -0.4 is 0 Å². The number of carbonyl (C=O) groups is 2. The van der Waals surface area contributed by atoms with E-state index in [0.717, 1.165) is 0 Å². The van der Waals surface area contributed by atoms with Crippen molar-refractivity contribution in [3.63, 3.8) is 0 Å². The molecule has 0 spiro atoms. The van der Waals surface area contributed by atoms with E-state index in [1.54, 1.807) is 6.92 Å². The van der Waals surface area contributed by atoms with Gasteiger partial charge < -0.3 is 4.74 Å². The second-order valence-electron chi connectivity index (χ2n) is 4.92. The molecule has 0 aromatic carbocycles. The highest BCUT2D eigenvalue weighted by Crippen LogP contribution is 2.22. The zero-order chi connectivity index (χ0) is 12.1. The molecule has 88 valence electrons. The van der Waals surface area contributed by atoms with Crippen molar-refractivity contribution in [3.8, 4) is 0 Å². The van der Waals surface area contributed by atoms with Gasteiger partial charge in [0.15, 0.2) is 0 Å². The van der Waals surface area contributed by atoms with Crippen LogP contribution in [0.1, 0.15) is 47.5 Å². The first kappa shape index (κ1) is 14.1. The van der Waals surface area contributed by atoms with Gasteiger partial charge >= 0.3 is 5.97 Å². The van der Waals surface area contributed by atoms with E-state index in [9.17, 15) is 9.59 Å². The lowest BCUT2D eigenvalue weighted by atomic mass is 9.85. The molecule has 0 aromatic rings. The molecular formula is C12H22O3. The molecule has 0 saturated carbocycles. The number of rotatable bonds is 5. The van der Waals surface area contributed by atoms with Crippen LogP contribution >= 0.6 is 0 Å². The molecule has 0 heterocycles. The summed E-state index contributed by atoms with van der Waals surface area (Å²) in [6.07, 6.45) is 0.943. The van der Waals surface area contributed by atoms with Gasteiger partial charge in [-0.15, -0.1) is 0 Å². The Balaban J connectivity index is 4.41. The Bertz CT molecular complexity index is 226. The SMILES string of the molecule is CCOC(=O)C(CC)C(=O)CC(C)(C)C. The van der Waals surface area contributed by atoms with E-state index in [1.165, 1.54) is 0 Å². The van der Waals surface area contributed by atoms with Gasteiger partial charge in [0.1, 0.15) is 11.7 Å². The molecular weight excluding hydrogens is 192 g/mol. The van der Waals surface area contributed by atoms with Gasteiger partial charge in [-0.1, -0.05) is 27.7 Å². The van der Waals surface area contributed by atoms with Crippen LogP contribution in [-0.2, 0) is 14.3 Å². The minimum absolute atomic E-state index is 0.0107. The minimum atomic E-state index is -0.579. The summed E-state index contributed by atoms with van der Waals surface area (Å²) in [4.78, 5) is 23.3. The van der Waals surface area contributed by atoms with Gasteiger partial charge in [-0.3, -0.25) is 9.59 Å². The number of hydrogen-bond donors (Lipinski definition) is 0. The number of Topliss-reactive ketones (excluding diaryl/α,β-unsaturated/α-hetero) is 1. The summed E-state index contributed by atoms with van der Waals surface area (Å²) in [5.74, 6) is -0.970. The van der Waals surface area contributed by atoms with Crippen molar-refractivity contribution in [1.29, 1.82) is 0 Å². The number of hydrogen-bond acceptors (Lipinski definition) is 3. The van der Waals surface area contributed by atoms with Crippen LogP contribution in [0.5, 0.6) is 0 Å². The summed E-state index contributed by atoms with van der Waals surface area (Å²) in [6.45, 7) is 9.88. The fourth-order valence-corrected chi connectivity index (χ4v) is 1.41. The monoisotopic (exact) mass is 214 g/mol. The lowest BCUT2D eigenvalue weighted by molar-refractivity contribution is -0.152. The van der Waals surface area contributed by atoms with E-state index in [-0.39, 0.29) is 17.2 Å². The van der Waals surface area contributed by atoms with Crippen LogP contribution in [0, 0.1) is 11.3 Å². The van der Waals surface area contributed by atoms with Crippen molar-refractivity contribution in [2.24, 2.45) is 11.3 Å². The smallest absolute Gasteiger partial charge is 0.316 e. The molecule has 0 amide bonds. The summed E-state index contributed by atoms with van der Waals surface area (Å²) in [7, 11) is 0. The van der Waals surface area contributed by atoms with E-state index in [0.29, 0.717) is 19.4 Å². The maximum absolute atomic E-state index is 11.8. The third kappa shape index (κ3) is 5.55. The first-order chi connectivity index (χ1) is 6.81. The molecule has 1 atom stereocenters. The van der Waals surface area contributed by atoms with Crippen LogP contribution in [0.15, 0.2) is 0 Å². The molecule has 0 rings (SSSR count). The van der Waals surface area contributed by atoms with Crippen molar-refractivity contribution in [1.82, 2.24) is 0 Å². The van der Waals surface area contributed by atoms with Gasteiger partial charge in [0.25, 0.3) is 0 Å². The molecule has 15 heavy (non-hydrogen) atoms. The minimum Gasteiger partial charge on any atom is -0.465 e. The standard InChI is InChI=1S/C12H22O3/c1-6-9(11(14)15-7-2)10(13)8-12(3,4)5/h9H,6-8H2,1-5H3. The quantitative estimate of drug-likeness (QED) is 0.522. The van der Waals surface area contributed by atoms with Crippen LogP contribution in [0.3, 0.4) is 0 Å². The first-order valence-electron chi connectivity index (χ1n) is 5.51. The Labute approximate surface area is 92.2 Å². The highest BCUT2D eigenvalue weighted by atomic mass is 16.5. The molecule has 3 heteroatoms. The molecule has 0 aromatic heterocycles. The topological polar surface area (TPSA) is 43.4 Å². The first-order valence-corrected chi connectivity index (χ1v) is 5.51. The molecule has 0 bridgehead atoms. The zero-order valence-electron chi connectivity index (χ0n) is 10.4. The fraction of sp³-hybridized carbons (Fsp3) is 0.833. The zero-order valence-corrected chi connectivity index (χ0v) is 10.4. The number of carbonyl (C=O) groups excluding carboxylic acids is 2. The van der Waals surface area contributed by atoms with Crippen LogP contribution in [-0.4, -0.2) is 18.4 Å². The molecule has 3 nitrogen and oxygen atoms in total. The third-order valence-electron chi connectivity index (χ3n) is 2.07. The molecule has 0 aliphatic carbocycles. The molecule has 0 fully saturated rings. The van der Waals surface area contributed by atoms with Crippen LogP contribution in [0.4, 0.5) is 0 Å². The summed E-state index contributed by atoms with van der Waals surface area (Å²) in [5.41, 5.74) is -0.0724. The third-order valence-corrected chi connectivity index (χ3v) is 2.07. The maximum atomic E-state index is 11.8. The average molecular weight is 214 g/mol. The second kappa shape index (κ2) is 5.89. The van der Waals surface area contributed by atoms with E-state index in [2.05, 4.69) is 0 Å². The number of ether oxygens (including phenoxy) is 1. The van der Waals surface area contributed by atoms with Crippen LogP contribution in [0.2, 0.25) is 0 Å². The van der Waals surface area contributed by atoms with Crippen molar-refractivity contribution in [2.45, 2.75) is 47.5 Å². The summed E-state index contributed by atoms with van der Waals surface area (Å²) < 4.78 is 4.87. The normalized spacial score (nSPS) is 13.4. The summed E-state index contributed by atoms with van der Waals surface area (Å²) in [5, 5.41) is 0. The molecule has 0 N–H and O–H groups in total. The van der Waals surface area contributed by atoms with Gasteiger partial charge in [0.05, 0.1) is 6.61 Å². The Morgan fingerprint density at radius 1 is 1.20 bits per heavy atom. The Kier molecular flexibility index (Phi) is 5.55. The Morgan fingerprint density at radius 2 is 1.73 bits per heavy atom. The van der Waals surface area contributed by atoms with Crippen molar-refractivity contribution in [3.05, 3.63) is 0 Å². The second-order valence-corrected chi connectivity index (χ2v) is 4.92. The van der Waals surface area contributed by atoms with Crippen molar-refractivity contribution < 1.29 is 14.3 Å². The Morgan fingerprint density at radius 3 is 2.07 bits per heavy atom. The van der Waals surface area contributed by atoms with Crippen molar-refractivity contribution >= 4 is 11.8 Å². The largest absolute Gasteiger partial charge is 0.465 e. The number of esters is 1. The number of ketones is 1. The lowest BCUT2D eigenvalue weighted by Gasteiger charge is -2.20. The predicted molar refractivity (Wildman–Crippen MR) is 59.5 cm³/mol. The predicted octanol–water partition coefficient (Wildman–Crippen LogP) is 2.58. The summed E-state index contributed by atoms with van der Waals surface area (Å²) in [6, 6.07) is 0. The van der Waals surface area contributed by atoms with Gasteiger partial charge in [0.2, 0.25) is 0 Å². The van der Waals surface area contributed by atoms with Gasteiger partial charge in [0, 0.05) is 6.42 Å². The molecule has 0 radical (unpaired) electrons. The average Bonchev–Trinajstić information content (AvgIpc) is 2.02. The molecule has 1 unspecified atom stereocenters. The van der Waals surface area contributed by atoms with E-state index >= 15 is 0 Å². The van der Waals surface area contributed by atoms with Gasteiger partial charge in [-0.25, -0.2) is 0 Å². The fourth-order valence-electron chi connectivity index (χ4n) is 1.41. The maximum Gasteiger partial charge on any atom is 0.316 e. The van der Waals surface area contributed by atoms with Gasteiger partial charge in [-0.2, -0.15) is 0 Å². The molecule has 0 aliphatic heterocycles. The highest BCUT2D eigenvalue weighted by Gasteiger charge is 2.28.